The van der Waals surface area contributed by atoms with Crippen molar-refractivity contribution in [3.05, 3.63) is 0 Å². The van der Waals surface area contributed by atoms with Gasteiger partial charge in [-0.1, -0.05) is 6.92 Å². The van der Waals surface area contributed by atoms with Crippen molar-refractivity contribution >= 4 is 17.3 Å². The van der Waals surface area contributed by atoms with Crippen LogP contribution in [0.15, 0.2) is 0 Å². The van der Waals surface area contributed by atoms with Gasteiger partial charge in [-0.2, -0.15) is 0 Å². The van der Waals surface area contributed by atoms with Crippen molar-refractivity contribution in [2.24, 2.45) is 5.73 Å². The van der Waals surface area contributed by atoms with Gasteiger partial charge in [0.15, 0.2) is 5.05 Å². The molecule has 8 heavy (non-hydrogen) atoms. The van der Waals surface area contributed by atoms with Crippen molar-refractivity contribution in [2.75, 3.05) is 7.11 Å². The van der Waals surface area contributed by atoms with Gasteiger partial charge in [-0.05, 0) is 18.6 Å². The lowest BCUT2D eigenvalue weighted by Crippen LogP contribution is -2.28. The third-order valence-electron chi connectivity index (χ3n) is 0.944. The first-order valence-electron chi connectivity index (χ1n) is 2.55. The maximum Gasteiger partial charge on any atom is 0.175 e. The van der Waals surface area contributed by atoms with Crippen molar-refractivity contribution in [1.82, 2.24) is 0 Å². The monoisotopic (exact) mass is 133 g/mol. The quantitative estimate of drug-likeness (QED) is 0.563. The fourth-order valence-electron chi connectivity index (χ4n) is 0.318. The summed E-state index contributed by atoms with van der Waals surface area (Å²) in [7, 11) is 1.54. The zero-order chi connectivity index (χ0) is 6.57. The van der Waals surface area contributed by atoms with Crippen molar-refractivity contribution in [2.45, 2.75) is 19.4 Å². The molecule has 3 heteroatoms. The lowest BCUT2D eigenvalue weighted by Gasteiger charge is -2.06. The molecule has 0 aromatic rings. The summed E-state index contributed by atoms with van der Waals surface area (Å²) in [5.41, 5.74) is 5.46. The number of hydrogen-bond acceptors (Lipinski definition) is 3. The predicted molar refractivity (Wildman–Crippen MR) is 37.9 cm³/mol. The summed E-state index contributed by atoms with van der Waals surface area (Å²) in [6, 6.07) is -0.0741. The zero-order valence-electron chi connectivity index (χ0n) is 5.18. The van der Waals surface area contributed by atoms with E-state index in [-0.39, 0.29) is 6.04 Å². The summed E-state index contributed by atoms with van der Waals surface area (Å²) in [6.07, 6.45) is 0.840. The molecular formula is C5H11NOS. The average molecular weight is 133 g/mol. The molecule has 48 valence electrons. The fraction of sp³-hybridized carbons (Fsp3) is 0.800. The Morgan fingerprint density at radius 3 is 2.50 bits per heavy atom. The first-order chi connectivity index (χ1) is 3.72. The molecule has 0 bridgehead atoms. The van der Waals surface area contributed by atoms with Gasteiger partial charge in [-0.25, -0.2) is 0 Å². The van der Waals surface area contributed by atoms with Gasteiger partial charge in [-0.15, -0.1) is 0 Å². The molecule has 1 unspecified atom stereocenters. The van der Waals surface area contributed by atoms with Crippen molar-refractivity contribution < 1.29 is 4.74 Å². The minimum atomic E-state index is -0.0741. The second-order valence-electron chi connectivity index (χ2n) is 1.54. The lowest BCUT2D eigenvalue weighted by atomic mass is 10.3. The number of nitrogens with two attached hydrogens (primary N) is 1. The molecular weight excluding hydrogens is 122 g/mol. The van der Waals surface area contributed by atoms with E-state index in [4.69, 9.17) is 22.7 Å². The van der Waals surface area contributed by atoms with E-state index >= 15 is 0 Å². The maximum absolute atomic E-state index is 5.46. The Morgan fingerprint density at radius 1 is 1.88 bits per heavy atom. The molecule has 0 spiro atoms. The molecule has 1 atom stereocenters. The van der Waals surface area contributed by atoms with Crippen LogP contribution in [-0.4, -0.2) is 18.2 Å². The molecule has 0 aromatic carbocycles. The van der Waals surface area contributed by atoms with E-state index < -0.39 is 0 Å². The van der Waals surface area contributed by atoms with E-state index in [1.807, 2.05) is 6.92 Å². The highest BCUT2D eigenvalue weighted by Gasteiger charge is 2.03. The second kappa shape index (κ2) is 3.80. The molecule has 2 nitrogen and oxygen atoms in total. The number of hydrogen-bond donors (Lipinski definition) is 1. The number of thiocarbonyl (C=S) groups is 1. The molecule has 0 amide bonds. The molecule has 0 aliphatic carbocycles. The molecule has 0 aliphatic rings. The summed E-state index contributed by atoms with van der Waals surface area (Å²) >= 11 is 4.73. The van der Waals surface area contributed by atoms with Crippen LogP contribution < -0.4 is 5.73 Å². The third-order valence-corrected chi connectivity index (χ3v) is 1.41. The summed E-state index contributed by atoms with van der Waals surface area (Å²) < 4.78 is 4.71. The van der Waals surface area contributed by atoms with Crippen molar-refractivity contribution in [3.63, 3.8) is 0 Å². The Balaban J connectivity index is 3.46. The minimum Gasteiger partial charge on any atom is -0.489 e. The van der Waals surface area contributed by atoms with Crippen LogP contribution in [0.25, 0.3) is 0 Å². The van der Waals surface area contributed by atoms with E-state index in [1.165, 1.54) is 7.11 Å². The number of ether oxygens (including phenoxy) is 1. The van der Waals surface area contributed by atoms with Crippen LogP contribution >= 0.6 is 12.2 Å². The van der Waals surface area contributed by atoms with Crippen LogP contribution in [-0.2, 0) is 4.74 Å². The van der Waals surface area contributed by atoms with E-state index in [0.29, 0.717) is 5.05 Å². The molecule has 0 saturated heterocycles. The van der Waals surface area contributed by atoms with E-state index in [0.717, 1.165) is 6.42 Å². The third kappa shape index (κ3) is 2.23. The molecule has 0 aliphatic heterocycles. The molecule has 2 N–H and O–H groups in total. The van der Waals surface area contributed by atoms with Gasteiger partial charge in [0.2, 0.25) is 0 Å². The molecule has 0 rings (SSSR count). The highest BCUT2D eigenvalue weighted by molar-refractivity contribution is 7.80. The van der Waals surface area contributed by atoms with Crippen LogP contribution in [0.2, 0.25) is 0 Å². The smallest absolute Gasteiger partial charge is 0.175 e. The predicted octanol–water partition coefficient (Wildman–Crippen LogP) is 0.698. The Labute approximate surface area is 55.0 Å². The molecule has 0 fully saturated rings. The minimum absolute atomic E-state index is 0.0741. The Bertz CT molecular complexity index is 84.5. The topological polar surface area (TPSA) is 35.2 Å². The average Bonchev–Trinajstić information content (AvgIpc) is 1.84. The highest BCUT2D eigenvalue weighted by atomic mass is 32.1. The van der Waals surface area contributed by atoms with E-state index in [2.05, 4.69) is 0 Å². The number of methoxy groups -OCH3 is 1. The maximum atomic E-state index is 5.46. The lowest BCUT2D eigenvalue weighted by molar-refractivity contribution is 0.392. The Kier molecular flexibility index (Phi) is 3.73. The van der Waals surface area contributed by atoms with Gasteiger partial charge in [0, 0.05) is 0 Å². The van der Waals surface area contributed by atoms with Crippen LogP contribution in [0.5, 0.6) is 0 Å². The SMILES string of the molecule is CCC(N)C(=S)OC. The molecule has 0 saturated carbocycles. The van der Waals surface area contributed by atoms with Crippen LogP contribution in [0.1, 0.15) is 13.3 Å². The fourth-order valence-corrected chi connectivity index (χ4v) is 0.485. The summed E-state index contributed by atoms with van der Waals surface area (Å²) in [5, 5.41) is 0.493. The second-order valence-corrected chi connectivity index (χ2v) is 1.94. The van der Waals surface area contributed by atoms with Crippen molar-refractivity contribution in [1.29, 1.82) is 0 Å². The van der Waals surface area contributed by atoms with E-state index in [1.54, 1.807) is 0 Å². The van der Waals surface area contributed by atoms with Gasteiger partial charge in [0.25, 0.3) is 0 Å². The normalized spacial score (nSPS) is 12.9. The van der Waals surface area contributed by atoms with Gasteiger partial charge >= 0.3 is 0 Å². The van der Waals surface area contributed by atoms with Gasteiger partial charge in [0.05, 0.1) is 13.2 Å². The highest BCUT2D eigenvalue weighted by Crippen LogP contribution is 1.90. The largest absolute Gasteiger partial charge is 0.489 e. The Hall–Kier alpha value is -0.150. The summed E-state index contributed by atoms with van der Waals surface area (Å²) in [5.74, 6) is 0. The zero-order valence-corrected chi connectivity index (χ0v) is 5.99. The van der Waals surface area contributed by atoms with Crippen molar-refractivity contribution in [3.8, 4) is 0 Å². The standard InChI is InChI=1S/C5H11NOS/c1-3-4(6)5(8)7-2/h4H,3,6H2,1-2H3. The van der Waals surface area contributed by atoms with Gasteiger partial charge in [0.1, 0.15) is 0 Å². The number of rotatable bonds is 2. The van der Waals surface area contributed by atoms with Crippen LogP contribution in [0.4, 0.5) is 0 Å². The first-order valence-corrected chi connectivity index (χ1v) is 2.96. The van der Waals surface area contributed by atoms with Gasteiger partial charge in [-0.3, -0.25) is 0 Å². The molecule has 0 heterocycles. The van der Waals surface area contributed by atoms with Crippen LogP contribution in [0.3, 0.4) is 0 Å². The van der Waals surface area contributed by atoms with Crippen LogP contribution in [0, 0.1) is 0 Å². The van der Waals surface area contributed by atoms with E-state index in [9.17, 15) is 0 Å². The summed E-state index contributed by atoms with van der Waals surface area (Å²) in [6.45, 7) is 1.97. The first kappa shape index (κ1) is 7.85. The molecule has 0 aromatic heterocycles. The molecule has 0 radical (unpaired) electrons. The Morgan fingerprint density at radius 2 is 2.38 bits per heavy atom. The van der Waals surface area contributed by atoms with Gasteiger partial charge < -0.3 is 10.5 Å². The summed E-state index contributed by atoms with van der Waals surface area (Å²) in [4.78, 5) is 0.